The number of carbonyl (C=O) groups excluding carboxylic acids is 1. The van der Waals surface area contributed by atoms with E-state index in [1.807, 2.05) is 31.2 Å². The molecule has 1 aromatic heterocycles. The summed E-state index contributed by atoms with van der Waals surface area (Å²) in [5.41, 5.74) is 2.34. The highest BCUT2D eigenvalue weighted by Gasteiger charge is 2.03. The van der Waals surface area contributed by atoms with Crippen molar-refractivity contribution in [3.63, 3.8) is 0 Å². The van der Waals surface area contributed by atoms with Crippen LogP contribution in [0.15, 0.2) is 43.0 Å². The molecule has 2 rings (SSSR count). The number of nitrogens with zero attached hydrogens (tertiary/aromatic N) is 2. The Morgan fingerprint density at radius 2 is 2.24 bits per heavy atom. The molecule has 0 saturated carbocycles. The summed E-state index contributed by atoms with van der Waals surface area (Å²) in [5.74, 6) is -0.00810. The third-order valence-electron chi connectivity index (χ3n) is 2.62. The van der Waals surface area contributed by atoms with Gasteiger partial charge in [-0.3, -0.25) is 4.79 Å². The van der Waals surface area contributed by atoms with E-state index in [2.05, 4.69) is 10.3 Å². The molecular formula is C13H15N3O. The third-order valence-corrected chi connectivity index (χ3v) is 2.62. The van der Waals surface area contributed by atoms with Crippen molar-refractivity contribution in [1.29, 1.82) is 0 Å². The van der Waals surface area contributed by atoms with Crippen LogP contribution in [0.25, 0.3) is 0 Å². The third kappa shape index (κ3) is 3.17. The lowest BCUT2D eigenvalue weighted by Gasteiger charge is -2.08. The van der Waals surface area contributed by atoms with Gasteiger partial charge in [-0.1, -0.05) is 24.3 Å². The van der Waals surface area contributed by atoms with Gasteiger partial charge in [0.1, 0.15) is 6.54 Å². The Bertz CT molecular complexity index is 491. The molecule has 0 aliphatic heterocycles. The van der Waals surface area contributed by atoms with E-state index in [1.165, 1.54) is 5.56 Å². The highest BCUT2D eigenvalue weighted by Crippen LogP contribution is 2.05. The van der Waals surface area contributed by atoms with E-state index in [1.54, 1.807) is 23.3 Å². The lowest BCUT2D eigenvalue weighted by atomic mass is 10.1. The maximum absolute atomic E-state index is 11.6. The molecule has 0 unspecified atom stereocenters. The molecule has 4 nitrogen and oxygen atoms in total. The maximum atomic E-state index is 11.6. The van der Waals surface area contributed by atoms with Crippen molar-refractivity contribution >= 4 is 5.91 Å². The molecule has 0 bridgehead atoms. The molecule has 1 heterocycles. The minimum Gasteiger partial charge on any atom is -0.350 e. The molecule has 0 aliphatic rings. The minimum absolute atomic E-state index is 0.00810. The molecule has 1 amide bonds. The smallest absolute Gasteiger partial charge is 0.240 e. The molecule has 88 valence electrons. The normalized spacial score (nSPS) is 10.2. The number of hydrogen-bond acceptors (Lipinski definition) is 2. The van der Waals surface area contributed by atoms with E-state index in [9.17, 15) is 4.79 Å². The number of carbonyl (C=O) groups is 1. The fourth-order valence-corrected chi connectivity index (χ4v) is 1.60. The number of amides is 1. The molecule has 1 aromatic carbocycles. The second kappa shape index (κ2) is 5.30. The Hall–Kier alpha value is -2.10. The molecule has 17 heavy (non-hydrogen) atoms. The molecule has 0 aliphatic carbocycles. The van der Waals surface area contributed by atoms with Gasteiger partial charge in [0.2, 0.25) is 5.91 Å². The monoisotopic (exact) mass is 229 g/mol. The molecule has 0 spiro atoms. The summed E-state index contributed by atoms with van der Waals surface area (Å²) in [6, 6.07) is 8.03. The largest absolute Gasteiger partial charge is 0.350 e. The molecule has 0 atom stereocenters. The van der Waals surface area contributed by atoms with E-state index in [0.29, 0.717) is 13.1 Å². The summed E-state index contributed by atoms with van der Waals surface area (Å²) in [6.45, 7) is 2.92. The lowest BCUT2D eigenvalue weighted by Crippen LogP contribution is -2.26. The van der Waals surface area contributed by atoms with Crippen LogP contribution in [-0.4, -0.2) is 15.5 Å². The van der Waals surface area contributed by atoms with E-state index < -0.39 is 0 Å². The molecule has 0 saturated heterocycles. The second-order valence-electron chi connectivity index (χ2n) is 3.94. The zero-order valence-electron chi connectivity index (χ0n) is 9.76. The zero-order valence-corrected chi connectivity index (χ0v) is 9.76. The van der Waals surface area contributed by atoms with Crippen molar-refractivity contribution in [1.82, 2.24) is 14.9 Å². The number of rotatable bonds is 4. The standard InChI is InChI=1S/C13H15N3O/c1-11-4-2-3-5-12(11)8-15-13(17)9-16-7-6-14-10-16/h2-7,10H,8-9H2,1H3,(H,15,17). The van der Waals surface area contributed by atoms with Gasteiger partial charge in [0.05, 0.1) is 6.33 Å². The number of aromatic nitrogens is 2. The molecule has 2 aromatic rings. The van der Waals surface area contributed by atoms with Gasteiger partial charge in [0, 0.05) is 18.9 Å². The highest BCUT2D eigenvalue weighted by molar-refractivity contribution is 5.75. The Morgan fingerprint density at radius 3 is 2.94 bits per heavy atom. The topological polar surface area (TPSA) is 46.9 Å². The van der Waals surface area contributed by atoms with Crippen molar-refractivity contribution in [3.8, 4) is 0 Å². The van der Waals surface area contributed by atoms with Gasteiger partial charge < -0.3 is 9.88 Å². The van der Waals surface area contributed by atoms with Crippen LogP contribution in [0.4, 0.5) is 0 Å². The molecule has 0 fully saturated rings. The molecule has 4 heteroatoms. The zero-order chi connectivity index (χ0) is 12.1. The molecule has 0 radical (unpaired) electrons. The number of hydrogen-bond donors (Lipinski definition) is 1. The van der Waals surface area contributed by atoms with Crippen LogP contribution in [0, 0.1) is 6.92 Å². The first kappa shape index (κ1) is 11.4. The van der Waals surface area contributed by atoms with Crippen LogP contribution in [0.1, 0.15) is 11.1 Å². The second-order valence-corrected chi connectivity index (χ2v) is 3.94. The average molecular weight is 229 g/mol. The van der Waals surface area contributed by atoms with E-state index >= 15 is 0 Å². The van der Waals surface area contributed by atoms with E-state index in [0.717, 1.165) is 5.56 Å². The van der Waals surface area contributed by atoms with Crippen LogP contribution in [0.5, 0.6) is 0 Å². The van der Waals surface area contributed by atoms with Crippen LogP contribution >= 0.6 is 0 Å². The summed E-state index contributed by atoms with van der Waals surface area (Å²) in [6.07, 6.45) is 5.06. The fraction of sp³-hybridized carbons (Fsp3) is 0.231. The van der Waals surface area contributed by atoms with E-state index in [4.69, 9.17) is 0 Å². The first-order chi connectivity index (χ1) is 8.25. The van der Waals surface area contributed by atoms with Gasteiger partial charge in [-0.05, 0) is 18.1 Å². The van der Waals surface area contributed by atoms with Crippen LogP contribution in [-0.2, 0) is 17.9 Å². The summed E-state index contributed by atoms with van der Waals surface area (Å²) in [4.78, 5) is 15.5. The van der Waals surface area contributed by atoms with E-state index in [-0.39, 0.29) is 5.91 Å². The number of nitrogens with one attached hydrogen (secondary N) is 1. The molecule has 1 N–H and O–H groups in total. The molecular weight excluding hydrogens is 214 g/mol. The summed E-state index contributed by atoms with van der Waals surface area (Å²) in [5, 5.41) is 2.89. The van der Waals surface area contributed by atoms with Crippen molar-refractivity contribution in [2.24, 2.45) is 0 Å². The number of imidazole rings is 1. The van der Waals surface area contributed by atoms with Crippen molar-refractivity contribution < 1.29 is 4.79 Å². The summed E-state index contributed by atoms with van der Waals surface area (Å²) >= 11 is 0. The first-order valence-corrected chi connectivity index (χ1v) is 5.52. The van der Waals surface area contributed by atoms with Crippen LogP contribution < -0.4 is 5.32 Å². The predicted molar refractivity (Wildman–Crippen MR) is 65.3 cm³/mol. The Balaban J connectivity index is 1.86. The first-order valence-electron chi connectivity index (χ1n) is 5.52. The Morgan fingerprint density at radius 1 is 1.41 bits per heavy atom. The van der Waals surface area contributed by atoms with Crippen molar-refractivity contribution in [3.05, 3.63) is 54.1 Å². The van der Waals surface area contributed by atoms with Gasteiger partial charge in [-0.25, -0.2) is 4.98 Å². The van der Waals surface area contributed by atoms with Gasteiger partial charge in [-0.2, -0.15) is 0 Å². The maximum Gasteiger partial charge on any atom is 0.240 e. The SMILES string of the molecule is Cc1ccccc1CNC(=O)Cn1ccnc1. The Labute approximate surface area is 100 Å². The van der Waals surface area contributed by atoms with Gasteiger partial charge in [0.15, 0.2) is 0 Å². The Kier molecular flexibility index (Phi) is 3.55. The predicted octanol–water partition coefficient (Wildman–Crippen LogP) is 1.51. The van der Waals surface area contributed by atoms with Crippen LogP contribution in [0.3, 0.4) is 0 Å². The quantitative estimate of drug-likeness (QED) is 0.863. The van der Waals surface area contributed by atoms with Crippen molar-refractivity contribution in [2.75, 3.05) is 0 Å². The highest BCUT2D eigenvalue weighted by atomic mass is 16.1. The average Bonchev–Trinajstić information content (AvgIpc) is 2.81. The lowest BCUT2D eigenvalue weighted by molar-refractivity contribution is -0.121. The van der Waals surface area contributed by atoms with Gasteiger partial charge >= 0.3 is 0 Å². The number of aryl methyl sites for hydroxylation is 1. The summed E-state index contributed by atoms with van der Waals surface area (Å²) < 4.78 is 1.74. The number of benzene rings is 1. The van der Waals surface area contributed by atoms with Gasteiger partial charge in [0.25, 0.3) is 0 Å². The fourth-order valence-electron chi connectivity index (χ4n) is 1.60. The van der Waals surface area contributed by atoms with Crippen LogP contribution in [0.2, 0.25) is 0 Å². The summed E-state index contributed by atoms with van der Waals surface area (Å²) in [7, 11) is 0. The minimum atomic E-state index is -0.00810. The van der Waals surface area contributed by atoms with Crippen molar-refractivity contribution in [2.45, 2.75) is 20.0 Å². The van der Waals surface area contributed by atoms with Gasteiger partial charge in [-0.15, -0.1) is 0 Å².